The molecule has 1 atom stereocenters. The number of halogens is 1. The SMILES string of the molecule is CC(Nc1ccc(Cl)cc1)c1ccc(C#N)cc1. The summed E-state index contributed by atoms with van der Waals surface area (Å²) in [6, 6.07) is 17.5. The molecule has 0 radical (unpaired) electrons. The highest BCUT2D eigenvalue weighted by Crippen LogP contribution is 2.21. The van der Waals surface area contributed by atoms with E-state index < -0.39 is 0 Å². The lowest BCUT2D eigenvalue weighted by atomic mass is 10.1. The van der Waals surface area contributed by atoms with Crippen LogP contribution in [0, 0.1) is 11.3 Å². The largest absolute Gasteiger partial charge is 0.379 e. The molecule has 1 unspecified atom stereocenters. The summed E-state index contributed by atoms with van der Waals surface area (Å²) in [6.45, 7) is 2.08. The van der Waals surface area contributed by atoms with Gasteiger partial charge in [-0.2, -0.15) is 5.26 Å². The Kier molecular flexibility index (Phi) is 3.86. The third-order valence-corrected chi connectivity index (χ3v) is 3.02. The molecule has 0 fully saturated rings. The lowest BCUT2D eigenvalue weighted by Crippen LogP contribution is -2.06. The average molecular weight is 257 g/mol. The number of nitrogens with one attached hydrogen (secondary N) is 1. The van der Waals surface area contributed by atoms with Gasteiger partial charge in [-0.25, -0.2) is 0 Å². The highest BCUT2D eigenvalue weighted by atomic mass is 35.5. The smallest absolute Gasteiger partial charge is 0.0991 e. The normalized spacial score (nSPS) is 11.6. The number of hydrogen-bond acceptors (Lipinski definition) is 2. The van der Waals surface area contributed by atoms with Crippen molar-refractivity contribution >= 4 is 17.3 Å². The summed E-state index contributed by atoms with van der Waals surface area (Å²) in [5, 5.41) is 12.9. The Bertz CT molecular complexity index is 553. The second-order valence-electron chi connectivity index (χ2n) is 4.11. The van der Waals surface area contributed by atoms with Crippen LogP contribution in [0.15, 0.2) is 48.5 Å². The summed E-state index contributed by atoms with van der Waals surface area (Å²) in [5.41, 5.74) is 2.85. The number of hydrogen-bond donors (Lipinski definition) is 1. The fourth-order valence-corrected chi connectivity index (χ4v) is 1.85. The molecular formula is C15H13ClN2. The maximum Gasteiger partial charge on any atom is 0.0991 e. The first-order valence-corrected chi connectivity index (χ1v) is 6.09. The summed E-state index contributed by atoms with van der Waals surface area (Å²) in [5.74, 6) is 0. The maximum atomic E-state index is 8.75. The van der Waals surface area contributed by atoms with Crippen LogP contribution in [0.25, 0.3) is 0 Å². The molecule has 3 heteroatoms. The molecule has 0 bridgehead atoms. The van der Waals surface area contributed by atoms with Crippen LogP contribution in [-0.2, 0) is 0 Å². The van der Waals surface area contributed by atoms with Gasteiger partial charge >= 0.3 is 0 Å². The van der Waals surface area contributed by atoms with E-state index >= 15 is 0 Å². The average Bonchev–Trinajstić information content (AvgIpc) is 2.41. The molecule has 0 aromatic heterocycles. The molecule has 0 saturated carbocycles. The summed E-state index contributed by atoms with van der Waals surface area (Å²) >= 11 is 5.84. The Balaban J connectivity index is 2.09. The number of nitriles is 1. The fraction of sp³-hybridized carbons (Fsp3) is 0.133. The minimum atomic E-state index is 0.180. The van der Waals surface area contributed by atoms with Gasteiger partial charge in [0.1, 0.15) is 0 Å². The van der Waals surface area contributed by atoms with Crippen molar-refractivity contribution in [3.8, 4) is 6.07 Å². The summed E-state index contributed by atoms with van der Waals surface area (Å²) in [4.78, 5) is 0. The summed E-state index contributed by atoms with van der Waals surface area (Å²) in [7, 11) is 0. The van der Waals surface area contributed by atoms with Crippen LogP contribution in [0.1, 0.15) is 24.1 Å². The Morgan fingerprint density at radius 3 is 2.22 bits per heavy atom. The molecule has 2 aromatic carbocycles. The number of nitrogens with zero attached hydrogens (tertiary/aromatic N) is 1. The molecule has 0 saturated heterocycles. The van der Waals surface area contributed by atoms with E-state index in [9.17, 15) is 0 Å². The van der Waals surface area contributed by atoms with Gasteiger partial charge in [-0.05, 0) is 48.9 Å². The standard InChI is InChI=1S/C15H13ClN2/c1-11(13-4-2-12(10-17)3-5-13)18-15-8-6-14(16)7-9-15/h2-9,11,18H,1H3. The van der Waals surface area contributed by atoms with Crippen molar-refractivity contribution in [2.45, 2.75) is 13.0 Å². The van der Waals surface area contributed by atoms with Crippen molar-refractivity contribution in [1.29, 1.82) is 5.26 Å². The van der Waals surface area contributed by atoms with Crippen molar-refractivity contribution in [2.75, 3.05) is 5.32 Å². The molecule has 0 amide bonds. The highest BCUT2D eigenvalue weighted by Gasteiger charge is 2.05. The predicted molar refractivity (Wildman–Crippen MR) is 74.6 cm³/mol. The molecule has 0 aliphatic carbocycles. The molecule has 2 rings (SSSR count). The Morgan fingerprint density at radius 2 is 1.67 bits per heavy atom. The van der Waals surface area contributed by atoms with Gasteiger partial charge in [0.05, 0.1) is 11.6 Å². The van der Waals surface area contributed by atoms with Crippen molar-refractivity contribution < 1.29 is 0 Å². The molecule has 0 heterocycles. The predicted octanol–water partition coefficient (Wildman–Crippen LogP) is 4.38. The molecule has 90 valence electrons. The van der Waals surface area contributed by atoms with Crippen LogP contribution in [-0.4, -0.2) is 0 Å². The maximum absolute atomic E-state index is 8.75. The summed E-state index contributed by atoms with van der Waals surface area (Å²) < 4.78 is 0. The van der Waals surface area contributed by atoms with E-state index in [0.717, 1.165) is 16.3 Å². The molecule has 2 nitrogen and oxygen atoms in total. The van der Waals surface area contributed by atoms with Crippen molar-refractivity contribution in [3.05, 3.63) is 64.7 Å². The molecule has 18 heavy (non-hydrogen) atoms. The third kappa shape index (κ3) is 3.03. The molecular weight excluding hydrogens is 244 g/mol. The third-order valence-electron chi connectivity index (χ3n) is 2.77. The topological polar surface area (TPSA) is 35.8 Å². The van der Waals surface area contributed by atoms with Gasteiger partial charge in [-0.15, -0.1) is 0 Å². The monoisotopic (exact) mass is 256 g/mol. The van der Waals surface area contributed by atoms with Gasteiger partial charge in [-0.3, -0.25) is 0 Å². The fourth-order valence-electron chi connectivity index (χ4n) is 1.73. The van der Waals surface area contributed by atoms with E-state index in [1.807, 2.05) is 48.5 Å². The van der Waals surface area contributed by atoms with Gasteiger partial charge in [0.25, 0.3) is 0 Å². The Hall–Kier alpha value is -1.98. The zero-order valence-electron chi connectivity index (χ0n) is 10.0. The molecule has 2 aromatic rings. The van der Waals surface area contributed by atoms with E-state index in [2.05, 4.69) is 18.3 Å². The van der Waals surface area contributed by atoms with Crippen LogP contribution >= 0.6 is 11.6 Å². The highest BCUT2D eigenvalue weighted by molar-refractivity contribution is 6.30. The van der Waals surface area contributed by atoms with E-state index in [4.69, 9.17) is 16.9 Å². The van der Waals surface area contributed by atoms with Crippen LogP contribution in [0.2, 0.25) is 5.02 Å². The number of anilines is 1. The first kappa shape index (κ1) is 12.5. The van der Waals surface area contributed by atoms with Gasteiger partial charge in [0.2, 0.25) is 0 Å². The zero-order valence-corrected chi connectivity index (χ0v) is 10.8. The van der Waals surface area contributed by atoms with Gasteiger partial charge in [0, 0.05) is 16.8 Å². The first-order valence-electron chi connectivity index (χ1n) is 5.71. The molecule has 0 spiro atoms. The van der Waals surface area contributed by atoms with Gasteiger partial charge in [0.15, 0.2) is 0 Å². The van der Waals surface area contributed by atoms with Crippen LogP contribution in [0.5, 0.6) is 0 Å². The Morgan fingerprint density at radius 1 is 1.06 bits per heavy atom. The molecule has 0 aliphatic rings. The summed E-state index contributed by atoms with van der Waals surface area (Å²) in [6.07, 6.45) is 0. The van der Waals surface area contributed by atoms with Gasteiger partial charge < -0.3 is 5.32 Å². The van der Waals surface area contributed by atoms with E-state index in [-0.39, 0.29) is 6.04 Å². The van der Waals surface area contributed by atoms with Crippen molar-refractivity contribution in [2.24, 2.45) is 0 Å². The van der Waals surface area contributed by atoms with Crippen molar-refractivity contribution in [3.63, 3.8) is 0 Å². The number of rotatable bonds is 3. The van der Waals surface area contributed by atoms with Crippen LogP contribution in [0.4, 0.5) is 5.69 Å². The Labute approximate surface area is 112 Å². The van der Waals surface area contributed by atoms with Gasteiger partial charge in [-0.1, -0.05) is 23.7 Å². The second-order valence-corrected chi connectivity index (χ2v) is 4.54. The second kappa shape index (κ2) is 5.57. The van der Waals surface area contributed by atoms with E-state index in [0.29, 0.717) is 5.56 Å². The van der Waals surface area contributed by atoms with Crippen LogP contribution in [0.3, 0.4) is 0 Å². The van der Waals surface area contributed by atoms with Crippen LogP contribution < -0.4 is 5.32 Å². The van der Waals surface area contributed by atoms with E-state index in [1.165, 1.54) is 0 Å². The molecule has 0 aliphatic heterocycles. The minimum Gasteiger partial charge on any atom is -0.379 e. The minimum absolute atomic E-state index is 0.180. The quantitative estimate of drug-likeness (QED) is 0.884. The number of benzene rings is 2. The lowest BCUT2D eigenvalue weighted by Gasteiger charge is -2.15. The van der Waals surface area contributed by atoms with Crippen molar-refractivity contribution in [1.82, 2.24) is 0 Å². The zero-order chi connectivity index (χ0) is 13.0. The van der Waals surface area contributed by atoms with E-state index in [1.54, 1.807) is 0 Å². The first-order chi connectivity index (χ1) is 8.69. The lowest BCUT2D eigenvalue weighted by molar-refractivity contribution is 0.884. The molecule has 1 N–H and O–H groups in total.